The Hall–Kier alpha value is -3.56. The summed E-state index contributed by atoms with van der Waals surface area (Å²) >= 11 is 0. The van der Waals surface area contributed by atoms with Crippen molar-refractivity contribution < 1.29 is 19.4 Å². The minimum absolute atomic E-state index is 0.0668. The van der Waals surface area contributed by atoms with E-state index in [1.807, 2.05) is 0 Å². The lowest BCUT2D eigenvalue weighted by Crippen LogP contribution is -2.46. The Labute approximate surface area is 160 Å². The van der Waals surface area contributed by atoms with Gasteiger partial charge in [0, 0.05) is 17.9 Å². The van der Waals surface area contributed by atoms with E-state index in [1.54, 1.807) is 50.4 Å². The lowest BCUT2D eigenvalue weighted by Gasteiger charge is -2.19. The van der Waals surface area contributed by atoms with Gasteiger partial charge in [-0.05, 0) is 29.0 Å². The average molecular weight is 388 g/mol. The first kappa shape index (κ1) is 20.7. The summed E-state index contributed by atoms with van der Waals surface area (Å²) in [6.45, 7) is 2.90. The van der Waals surface area contributed by atoms with Gasteiger partial charge in [0.1, 0.15) is 6.20 Å². The molecule has 28 heavy (non-hydrogen) atoms. The van der Waals surface area contributed by atoms with E-state index in [1.165, 1.54) is 17.7 Å². The number of hydrogen-bond acceptors (Lipinski definition) is 7. The minimum Gasteiger partial charge on any atom is -0.461 e. The Morgan fingerprint density at radius 3 is 2.39 bits per heavy atom. The largest absolute Gasteiger partial charge is 0.461 e. The van der Waals surface area contributed by atoms with Crippen molar-refractivity contribution in [1.82, 2.24) is 9.55 Å². The summed E-state index contributed by atoms with van der Waals surface area (Å²) in [6, 6.07) is 6.83. The Balaban J connectivity index is 2.16. The van der Waals surface area contributed by atoms with Crippen molar-refractivity contribution in [2.24, 2.45) is 7.05 Å². The molecule has 0 fully saturated rings. The lowest BCUT2D eigenvalue weighted by atomic mass is 9.93. The summed E-state index contributed by atoms with van der Waals surface area (Å²) in [5.74, 6) is -0.576. The number of esters is 1. The normalized spacial score (nSPS) is 13.2. The number of hydrogen-bond donors (Lipinski definition) is 0. The monoisotopic (exact) mass is 388 g/mol. The summed E-state index contributed by atoms with van der Waals surface area (Å²) < 4.78 is 6.19. The third-order valence-electron chi connectivity index (χ3n) is 4.26. The van der Waals surface area contributed by atoms with E-state index in [2.05, 4.69) is 4.98 Å². The summed E-state index contributed by atoms with van der Waals surface area (Å²) in [7, 11) is 1.54. The van der Waals surface area contributed by atoms with Crippen LogP contribution in [0.4, 0.5) is 5.82 Å². The highest BCUT2D eigenvalue weighted by Crippen LogP contribution is 2.20. The van der Waals surface area contributed by atoms with E-state index in [-0.39, 0.29) is 18.8 Å². The number of rotatable bonds is 8. The van der Waals surface area contributed by atoms with Crippen molar-refractivity contribution in [3.8, 4) is 0 Å². The fourth-order valence-corrected chi connectivity index (χ4v) is 2.55. The van der Waals surface area contributed by atoms with Crippen LogP contribution in [-0.2, 0) is 23.0 Å². The topological polar surface area (TPSA) is 130 Å². The van der Waals surface area contributed by atoms with Crippen molar-refractivity contribution in [3.63, 3.8) is 0 Å². The van der Waals surface area contributed by atoms with Crippen LogP contribution in [0.25, 0.3) is 12.2 Å². The first-order chi connectivity index (χ1) is 13.2. The number of carbonyl (C=O) groups excluding carboxylic acids is 1. The maximum absolute atomic E-state index is 12.0. The van der Waals surface area contributed by atoms with Gasteiger partial charge >= 0.3 is 17.3 Å². The van der Waals surface area contributed by atoms with Crippen LogP contribution in [0.5, 0.6) is 0 Å². The highest BCUT2D eigenvalue weighted by Gasteiger charge is 2.47. The molecule has 10 nitrogen and oxygen atoms in total. The molecule has 1 heterocycles. The second kappa shape index (κ2) is 8.42. The van der Waals surface area contributed by atoms with Gasteiger partial charge in [-0.25, -0.2) is 14.3 Å². The van der Waals surface area contributed by atoms with Crippen molar-refractivity contribution in [2.75, 3.05) is 6.61 Å². The molecule has 2 rings (SSSR count). The van der Waals surface area contributed by atoms with Crippen LogP contribution in [0.2, 0.25) is 0 Å². The van der Waals surface area contributed by atoms with Gasteiger partial charge in [0.05, 0.1) is 20.1 Å². The second-order valence-electron chi connectivity index (χ2n) is 6.29. The molecule has 1 aromatic heterocycles. The number of benzene rings is 1. The fourth-order valence-electron chi connectivity index (χ4n) is 2.55. The molecular weight excluding hydrogens is 368 g/mol. The molecule has 0 spiro atoms. The highest BCUT2D eigenvalue weighted by atomic mass is 16.6. The molecule has 1 aromatic carbocycles. The van der Waals surface area contributed by atoms with Crippen LogP contribution < -0.4 is 0 Å². The van der Waals surface area contributed by atoms with Gasteiger partial charge < -0.3 is 14.9 Å². The predicted octanol–water partition coefficient (Wildman–Crippen LogP) is 2.64. The summed E-state index contributed by atoms with van der Waals surface area (Å²) in [5.41, 5.74) is -0.482. The summed E-state index contributed by atoms with van der Waals surface area (Å²) in [4.78, 5) is 37.0. The quantitative estimate of drug-likeness (QED) is 0.386. The van der Waals surface area contributed by atoms with Gasteiger partial charge in [0.2, 0.25) is 5.82 Å². The molecule has 2 aromatic rings. The van der Waals surface area contributed by atoms with Crippen LogP contribution in [0.15, 0.2) is 30.5 Å². The zero-order chi connectivity index (χ0) is 20.9. The summed E-state index contributed by atoms with van der Waals surface area (Å²) in [6.07, 6.45) is 4.42. The van der Waals surface area contributed by atoms with Gasteiger partial charge in [0.15, 0.2) is 0 Å². The van der Waals surface area contributed by atoms with Gasteiger partial charge in [-0.2, -0.15) is 0 Å². The molecule has 0 N–H and O–H groups in total. The molecule has 1 atom stereocenters. The smallest absolute Gasteiger partial charge is 0.384 e. The number of imidazole rings is 1. The molecule has 0 saturated carbocycles. The van der Waals surface area contributed by atoms with Crippen LogP contribution in [0, 0.1) is 20.2 Å². The minimum atomic E-state index is -1.86. The Kier molecular flexibility index (Phi) is 6.24. The molecule has 0 amide bonds. The van der Waals surface area contributed by atoms with Crippen LogP contribution in [0.1, 0.15) is 30.8 Å². The Bertz CT molecular complexity index is 919. The number of nitrogens with zero attached hydrogens (tertiary/aromatic N) is 4. The number of ether oxygens (including phenoxy) is 1. The van der Waals surface area contributed by atoms with E-state index < -0.39 is 21.4 Å². The molecule has 0 radical (unpaired) electrons. The third kappa shape index (κ3) is 4.40. The van der Waals surface area contributed by atoms with Crippen molar-refractivity contribution in [2.45, 2.75) is 25.8 Å². The fraction of sp³-hybridized carbons (Fsp3) is 0.333. The molecule has 1 unspecified atom stereocenters. The zero-order valence-electron chi connectivity index (χ0n) is 15.7. The maximum Gasteiger partial charge on any atom is 0.384 e. The molecular formula is C18H20N4O6. The van der Waals surface area contributed by atoms with E-state index >= 15 is 0 Å². The van der Waals surface area contributed by atoms with Crippen LogP contribution >= 0.6 is 0 Å². The van der Waals surface area contributed by atoms with Crippen LogP contribution in [-0.4, -0.2) is 37.5 Å². The van der Waals surface area contributed by atoms with E-state index in [0.717, 1.165) is 5.56 Å². The number of carbonyl (C=O) groups is 1. The SMILES string of the molecule is CCOC(=O)C(C)(Cc1ccc(/C=C/c2ncc([N+](=O)[O-])n2C)cc1)[N+](=O)[O-]. The average Bonchev–Trinajstić information content (AvgIpc) is 3.02. The third-order valence-corrected chi connectivity index (χ3v) is 4.26. The second-order valence-corrected chi connectivity index (χ2v) is 6.29. The molecule has 0 aliphatic carbocycles. The van der Waals surface area contributed by atoms with Gasteiger partial charge in [-0.15, -0.1) is 0 Å². The van der Waals surface area contributed by atoms with E-state index in [0.29, 0.717) is 11.4 Å². The first-order valence-electron chi connectivity index (χ1n) is 8.44. The van der Waals surface area contributed by atoms with Crippen molar-refractivity contribution in [1.29, 1.82) is 0 Å². The standard InChI is InChI=1S/C18H20N4O6/c1-4-28-17(23)18(2,22(26)27)11-14-7-5-13(6-8-14)9-10-15-19-12-16(20(15)3)21(24)25/h5-10,12H,4,11H2,1-3H3/b10-9+. The molecule has 0 aliphatic rings. The predicted molar refractivity (Wildman–Crippen MR) is 101 cm³/mol. The number of nitro groups is 2. The molecule has 148 valence electrons. The molecule has 0 bridgehead atoms. The Morgan fingerprint density at radius 1 is 1.25 bits per heavy atom. The van der Waals surface area contributed by atoms with Crippen molar-refractivity contribution >= 4 is 23.9 Å². The zero-order valence-corrected chi connectivity index (χ0v) is 15.7. The molecule has 10 heteroatoms. The molecule has 0 aliphatic heterocycles. The lowest BCUT2D eigenvalue weighted by molar-refractivity contribution is -0.550. The first-order valence-corrected chi connectivity index (χ1v) is 8.44. The van der Waals surface area contributed by atoms with Gasteiger partial charge in [-0.1, -0.05) is 24.3 Å². The van der Waals surface area contributed by atoms with Gasteiger partial charge in [0.25, 0.3) is 0 Å². The Morgan fingerprint density at radius 2 is 1.89 bits per heavy atom. The van der Waals surface area contributed by atoms with Crippen molar-refractivity contribution in [3.05, 3.63) is 67.6 Å². The molecule has 0 saturated heterocycles. The highest BCUT2D eigenvalue weighted by molar-refractivity contribution is 5.79. The van der Waals surface area contributed by atoms with E-state index in [4.69, 9.17) is 4.74 Å². The maximum atomic E-state index is 12.0. The van der Waals surface area contributed by atoms with Gasteiger partial charge in [-0.3, -0.25) is 10.1 Å². The summed E-state index contributed by atoms with van der Waals surface area (Å²) in [5, 5.41) is 22.2. The van der Waals surface area contributed by atoms with E-state index in [9.17, 15) is 25.0 Å². The van der Waals surface area contributed by atoms with Crippen LogP contribution in [0.3, 0.4) is 0 Å². The number of aromatic nitrogens is 2.